The minimum absolute atomic E-state index is 0.00969. The summed E-state index contributed by atoms with van der Waals surface area (Å²) >= 11 is 0. The summed E-state index contributed by atoms with van der Waals surface area (Å²) in [6.45, 7) is 1.09. The molecular weight excluding hydrogens is 296 g/mol. The summed E-state index contributed by atoms with van der Waals surface area (Å²) in [6.07, 6.45) is 4.58. The number of rotatable bonds is 5. The Kier molecular flexibility index (Phi) is 3.44. The lowest BCUT2D eigenvalue weighted by atomic mass is 9.95. The molecule has 3 aliphatic rings. The molecule has 0 bridgehead atoms. The van der Waals surface area contributed by atoms with Gasteiger partial charge in [-0.05, 0) is 30.5 Å². The zero-order valence-corrected chi connectivity index (χ0v) is 12.5. The molecule has 4 rings (SSSR count). The molecule has 1 aromatic rings. The lowest BCUT2D eigenvalue weighted by molar-refractivity contribution is -0.115. The van der Waals surface area contributed by atoms with Crippen LogP contribution < -0.4 is 0 Å². The van der Waals surface area contributed by atoms with E-state index in [0.29, 0.717) is 24.7 Å². The second-order valence-corrected chi connectivity index (χ2v) is 5.93. The molecule has 1 aromatic heterocycles. The van der Waals surface area contributed by atoms with Gasteiger partial charge in [0.15, 0.2) is 17.3 Å². The summed E-state index contributed by atoms with van der Waals surface area (Å²) in [5.41, 5.74) is 1.07. The number of fused-ring (bicyclic) bond motifs is 2. The van der Waals surface area contributed by atoms with Crippen LogP contribution in [0.4, 0.5) is 0 Å². The number of ketones is 2. The minimum Gasteiger partial charge on any atom is -0.490 e. The highest BCUT2D eigenvalue weighted by Crippen LogP contribution is 2.54. The zero-order chi connectivity index (χ0) is 15.8. The quantitative estimate of drug-likeness (QED) is 0.772. The fourth-order valence-electron chi connectivity index (χ4n) is 3.16. The van der Waals surface area contributed by atoms with E-state index < -0.39 is 0 Å². The van der Waals surface area contributed by atoms with Crippen molar-refractivity contribution >= 4 is 11.6 Å². The molecule has 1 aliphatic heterocycles. The van der Waals surface area contributed by atoms with Gasteiger partial charge in [-0.3, -0.25) is 9.59 Å². The molecule has 2 atom stereocenters. The van der Waals surface area contributed by atoms with Gasteiger partial charge in [0.25, 0.3) is 0 Å². The zero-order valence-electron chi connectivity index (χ0n) is 12.5. The molecule has 0 aromatic carbocycles. The molecule has 0 N–H and O–H groups in total. The predicted molar refractivity (Wildman–Crippen MR) is 79.2 cm³/mol. The third-order valence-electron chi connectivity index (χ3n) is 4.41. The van der Waals surface area contributed by atoms with Gasteiger partial charge in [-0.15, -0.1) is 5.10 Å². The highest BCUT2D eigenvalue weighted by atomic mass is 16.6. The maximum atomic E-state index is 12.5. The van der Waals surface area contributed by atoms with Crippen LogP contribution in [0.2, 0.25) is 0 Å². The Morgan fingerprint density at radius 3 is 2.78 bits per heavy atom. The average molecular weight is 312 g/mol. The smallest absolute Gasteiger partial charge is 0.183 e. The van der Waals surface area contributed by atoms with Crippen molar-refractivity contribution in [2.24, 2.45) is 11.8 Å². The third-order valence-corrected chi connectivity index (χ3v) is 4.41. The number of allylic oxidation sites excluding steroid dienone is 3. The number of aromatic nitrogens is 2. The van der Waals surface area contributed by atoms with E-state index in [1.54, 1.807) is 18.2 Å². The summed E-state index contributed by atoms with van der Waals surface area (Å²) in [5, 5.41) is 7.46. The minimum atomic E-state index is -0.160. The summed E-state index contributed by atoms with van der Waals surface area (Å²) in [7, 11) is 0. The van der Waals surface area contributed by atoms with Crippen molar-refractivity contribution in [3.8, 4) is 0 Å². The van der Waals surface area contributed by atoms with Gasteiger partial charge in [0, 0.05) is 30.5 Å². The standard InChI is InChI=1S/C17H16N2O4/c20-14(3-4-15(21)13-2-1-5-18-19-13)11-9-16-17(12-8-10(11)12)23-7-6-22-16/h1-2,5,9-10,12H,3-4,6-8H2. The lowest BCUT2D eigenvalue weighted by Crippen LogP contribution is -2.20. The Labute approximate surface area is 133 Å². The average Bonchev–Trinajstić information content (AvgIpc) is 3.40. The second-order valence-electron chi connectivity index (χ2n) is 5.93. The monoisotopic (exact) mass is 312 g/mol. The van der Waals surface area contributed by atoms with Crippen molar-refractivity contribution in [2.45, 2.75) is 19.3 Å². The molecule has 2 heterocycles. The molecule has 2 unspecified atom stereocenters. The first-order valence-electron chi connectivity index (χ1n) is 7.79. The van der Waals surface area contributed by atoms with E-state index in [1.165, 1.54) is 6.20 Å². The number of Topliss-reactive ketones (excluding diaryl/α,β-unsaturated/α-hetero) is 2. The van der Waals surface area contributed by atoms with Crippen LogP contribution in [0.1, 0.15) is 29.8 Å². The number of hydrogen-bond acceptors (Lipinski definition) is 6. The van der Waals surface area contributed by atoms with Crippen LogP contribution in [0, 0.1) is 11.8 Å². The van der Waals surface area contributed by atoms with E-state index >= 15 is 0 Å². The molecule has 0 spiro atoms. The van der Waals surface area contributed by atoms with Gasteiger partial charge in [-0.25, -0.2) is 0 Å². The van der Waals surface area contributed by atoms with E-state index in [0.717, 1.165) is 17.8 Å². The van der Waals surface area contributed by atoms with Gasteiger partial charge in [-0.1, -0.05) is 0 Å². The molecule has 2 aliphatic carbocycles. The van der Waals surface area contributed by atoms with Crippen LogP contribution in [0.25, 0.3) is 0 Å². The van der Waals surface area contributed by atoms with Gasteiger partial charge in [0.2, 0.25) is 0 Å². The van der Waals surface area contributed by atoms with Crippen LogP contribution in [-0.2, 0) is 14.3 Å². The second kappa shape index (κ2) is 5.61. The maximum Gasteiger partial charge on any atom is 0.183 e. The van der Waals surface area contributed by atoms with E-state index in [4.69, 9.17) is 9.47 Å². The van der Waals surface area contributed by atoms with Gasteiger partial charge < -0.3 is 9.47 Å². The summed E-state index contributed by atoms with van der Waals surface area (Å²) in [4.78, 5) is 24.5. The van der Waals surface area contributed by atoms with Crippen LogP contribution in [-0.4, -0.2) is 35.0 Å². The number of hydrogen-bond donors (Lipinski definition) is 0. The molecule has 6 heteroatoms. The first kappa shape index (κ1) is 14.1. The molecule has 1 saturated carbocycles. The molecular formula is C17H16N2O4. The largest absolute Gasteiger partial charge is 0.490 e. The van der Waals surface area contributed by atoms with E-state index in [2.05, 4.69) is 10.2 Å². The summed E-state index contributed by atoms with van der Waals surface area (Å²) in [5.74, 6) is 1.95. The molecule has 0 saturated heterocycles. The first-order valence-corrected chi connectivity index (χ1v) is 7.79. The number of carbonyl (C=O) groups excluding carboxylic acids is 2. The van der Waals surface area contributed by atoms with Crippen molar-refractivity contribution in [3.63, 3.8) is 0 Å². The van der Waals surface area contributed by atoms with Crippen molar-refractivity contribution in [1.29, 1.82) is 0 Å². The van der Waals surface area contributed by atoms with Crippen molar-refractivity contribution in [2.75, 3.05) is 13.2 Å². The van der Waals surface area contributed by atoms with Gasteiger partial charge in [0.05, 0.1) is 0 Å². The van der Waals surface area contributed by atoms with Crippen molar-refractivity contribution in [3.05, 3.63) is 47.2 Å². The van der Waals surface area contributed by atoms with Crippen LogP contribution >= 0.6 is 0 Å². The third kappa shape index (κ3) is 2.65. The Morgan fingerprint density at radius 2 is 1.96 bits per heavy atom. The van der Waals surface area contributed by atoms with E-state index in [1.807, 2.05) is 0 Å². The topological polar surface area (TPSA) is 78.4 Å². The van der Waals surface area contributed by atoms with Crippen LogP contribution in [0.5, 0.6) is 0 Å². The highest BCUT2D eigenvalue weighted by molar-refractivity contribution is 6.02. The highest BCUT2D eigenvalue weighted by Gasteiger charge is 2.50. The molecule has 23 heavy (non-hydrogen) atoms. The Balaban J connectivity index is 1.43. The summed E-state index contributed by atoms with van der Waals surface area (Å²) in [6, 6.07) is 3.27. The number of ether oxygens (including phenoxy) is 2. The number of carbonyl (C=O) groups is 2. The Morgan fingerprint density at radius 1 is 1.13 bits per heavy atom. The Bertz CT molecular complexity index is 723. The molecule has 1 fully saturated rings. The molecule has 118 valence electrons. The molecule has 6 nitrogen and oxygen atoms in total. The maximum absolute atomic E-state index is 12.5. The lowest BCUT2D eigenvalue weighted by Gasteiger charge is -2.24. The van der Waals surface area contributed by atoms with E-state index in [-0.39, 0.29) is 36.2 Å². The fraction of sp³-hybridized carbons (Fsp3) is 0.412. The molecule has 0 radical (unpaired) electrons. The van der Waals surface area contributed by atoms with Crippen LogP contribution in [0.3, 0.4) is 0 Å². The SMILES string of the molecule is O=C(CCC(=O)c1cccnn1)C1=CC2=C(OCCO2)C2CC12. The first-order chi connectivity index (χ1) is 11.2. The van der Waals surface area contributed by atoms with Crippen LogP contribution in [0.15, 0.2) is 41.5 Å². The summed E-state index contributed by atoms with van der Waals surface area (Å²) < 4.78 is 11.2. The van der Waals surface area contributed by atoms with Gasteiger partial charge in [0.1, 0.15) is 24.7 Å². The van der Waals surface area contributed by atoms with Gasteiger partial charge in [-0.2, -0.15) is 5.10 Å². The van der Waals surface area contributed by atoms with E-state index in [9.17, 15) is 9.59 Å². The fourth-order valence-corrected chi connectivity index (χ4v) is 3.16. The normalized spacial score (nSPS) is 24.6. The number of nitrogens with zero attached hydrogens (tertiary/aromatic N) is 2. The predicted octanol–water partition coefficient (Wildman–Crippen LogP) is 1.84. The molecule has 0 amide bonds. The van der Waals surface area contributed by atoms with Gasteiger partial charge >= 0.3 is 0 Å². The Hall–Kier alpha value is -2.50. The van der Waals surface area contributed by atoms with Crippen molar-refractivity contribution < 1.29 is 19.1 Å². The van der Waals surface area contributed by atoms with Crippen molar-refractivity contribution in [1.82, 2.24) is 10.2 Å².